The molecule has 0 spiro atoms. The zero-order chi connectivity index (χ0) is 41.1. The summed E-state index contributed by atoms with van der Waals surface area (Å²) in [5.41, 5.74) is 7.30. The van der Waals surface area contributed by atoms with Crippen molar-refractivity contribution >= 4 is 63.9 Å². The molecule has 0 heterocycles. The Morgan fingerprint density at radius 3 is 1.77 bits per heavy atom. The van der Waals surface area contributed by atoms with Crippen LogP contribution in [0.5, 0.6) is 11.5 Å². The van der Waals surface area contributed by atoms with Crippen LogP contribution in [-0.2, 0) is 9.59 Å². The fraction of sp³-hybridized carbons (Fsp3) is 0.122. The summed E-state index contributed by atoms with van der Waals surface area (Å²) in [7, 11) is 0. The lowest BCUT2D eigenvalue weighted by molar-refractivity contribution is -0.123. The molecule has 5 amide bonds. The summed E-state index contributed by atoms with van der Waals surface area (Å²) in [4.78, 5) is 75.4. The number of carboxylic acids is 1. The standard InChI is InChI=1S/C41H37N7O9/c1-23(2)57-36-32(21-20-31(35(36)50)39(53)43-27-16-12-26(13-17-27)41(55)56)45-37(51)24-8-14-28(15-9-24)44-40(54)33(22-34(42)49)46-38(52)25-10-18-30(19-11-25)48-47-29-6-4-3-5-7-29/h3-21,23,33,50H,22H2,1-2H3,(H2,42,49)(H,43,53)(H,44,54)(H,45,51)(H,46,52)(H,55,56)/b48-47+/t33-/m0/s1. The number of benzene rings is 5. The first-order chi connectivity index (χ1) is 27.3. The maximum atomic E-state index is 13.3. The van der Waals surface area contributed by atoms with E-state index in [1.807, 2.05) is 18.2 Å². The Labute approximate surface area is 325 Å². The smallest absolute Gasteiger partial charge is 0.335 e. The normalized spacial score (nSPS) is 11.4. The molecule has 0 bridgehead atoms. The number of primary amides is 1. The number of ether oxygens (including phenoxy) is 1. The van der Waals surface area contributed by atoms with Gasteiger partial charge < -0.3 is 42.0 Å². The van der Waals surface area contributed by atoms with Crippen LogP contribution in [0.25, 0.3) is 0 Å². The highest BCUT2D eigenvalue weighted by Gasteiger charge is 2.25. The van der Waals surface area contributed by atoms with Gasteiger partial charge in [-0.05, 0) is 111 Å². The SMILES string of the molecule is CC(C)Oc1c(NC(=O)c2ccc(NC(=O)[C@H](CC(N)=O)NC(=O)c3ccc(/N=N/c4ccccc4)cc3)cc2)ccc(C(=O)Nc2ccc(C(=O)O)cc2)c1O. The van der Waals surface area contributed by atoms with E-state index < -0.39 is 59.8 Å². The number of hydrogen-bond donors (Lipinski definition) is 7. The van der Waals surface area contributed by atoms with Gasteiger partial charge in [0.2, 0.25) is 11.8 Å². The Hall–Kier alpha value is -7.88. The number of carbonyl (C=O) groups excluding carboxylic acids is 5. The predicted octanol–water partition coefficient (Wildman–Crippen LogP) is 6.41. The molecule has 0 aromatic heterocycles. The first-order valence-corrected chi connectivity index (χ1v) is 17.3. The minimum absolute atomic E-state index is 0.0285. The number of aromatic hydroxyl groups is 1. The molecule has 8 N–H and O–H groups in total. The number of phenolic OH excluding ortho intramolecular Hbond substituents is 1. The lowest BCUT2D eigenvalue weighted by atomic mass is 10.1. The van der Waals surface area contributed by atoms with Crippen molar-refractivity contribution in [1.29, 1.82) is 0 Å². The van der Waals surface area contributed by atoms with Gasteiger partial charge >= 0.3 is 5.97 Å². The Bertz CT molecular complexity index is 2310. The number of azo groups is 1. The van der Waals surface area contributed by atoms with Crippen LogP contribution in [0.1, 0.15) is 61.7 Å². The number of phenols is 1. The number of anilines is 3. The number of nitrogens with zero attached hydrogens (tertiary/aromatic N) is 2. The van der Waals surface area contributed by atoms with Crippen LogP contribution in [0, 0.1) is 0 Å². The molecule has 0 aliphatic rings. The van der Waals surface area contributed by atoms with Gasteiger partial charge in [-0.15, -0.1) is 0 Å². The summed E-state index contributed by atoms with van der Waals surface area (Å²) < 4.78 is 5.77. The van der Waals surface area contributed by atoms with E-state index in [9.17, 15) is 33.9 Å². The Morgan fingerprint density at radius 1 is 0.649 bits per heavy atom. The van der Waals surface area contributed by atoms with Crippen molar-refractivity contribution in [2.45, 2.75) is 32.4 Å². The molecule has 0 aliphatic carbocycles. The molecule has 0 saturated carbocycles. The molecule has 0 radical (unpaired) electrons. The molecular formula is C41H37N7O9. The monoisotopic (exact) mass is 771 g/mol. The van der Waals surface area contributed by atoms with E-state index in [0.29, 0.717) is 11.4 Å². The van der Waals surface area contributed by atoms with Crippen LogP contribution in [0.15, 0.2) is 125 Å². The van der Waals surface area contributed by atoms with Crippen LogP contribution in [0.4, 0.5) is 28.4 Å². The molecule has 16 nitrogen and oxygen atoms in total. The van der Waals surface area contributed by atoms with Crippen molar-refractivity contribution in [3.63, 3.8) is 0 Å². The van der Waals surface area contributed by atoms with Crippen molar-refractivity contribution in [3.05, 3.63) is 138 Å². The van der Waals surface area contributed by atoms with Crippen molar-refractivity contribution in [1.82, 2.24) is 5.32 Å². The average molecular weight is 772 g/mol. The highest BCUT2D eigenvalue weighted by atomic mass is 16.5. The van der Waals surface area contributed by atoms with Crippen molar-refractivity contribution in [2.75, 3.05) is 16.0 Å². The molecule has 290 valence electrons. The van der Waals surface area contributed by atoms with E-state index >= 15 is 0 Å². The van der Waals surface area contributed by atoms with E-state index in [1.54, 1.807) is 38.1 Å². The van der Waals surface area contributed by atoms with Gasteiger partial charge in [0.1, 0.15) is 6.04 Å². The molecular weight excluding hydrogens is 734 g/mol. The number of rotatable bonds is 15. The van der Waals surface area contributed by atoms with E-state index in [2.05, 4.69) is 31.5 Å². The second-order valence-electron chi connectivity index (χ2n) is 12.6. The summed E-state index contributed by atoms with van der Waals surface area (Å²) in [5.74, 6) is -5.37. The zero-order valence-electron chi connectivity index (χ0n) is 30.6. The fourth-order valence-electron chi connectivity index (χ4n) is 5.17. The minimum atomic E-state index is -1.33. The van der Waals surface area contributed by atoms with Crippen LogP contribution in [-0.4, -0.2) is 57.9 Å². The molecule has 0 unspecified atom stereocenters. The van der Waals surface area contributed by atoms with Crippen LogP contribution in [0.2, 0.25) is 0 Å². The summed E-state index contributed by atoms with van der Waals surface area (Å²) in [6.07, 6.45) is -0.961. The number of amides is 5. The molecule has 57 heavy (non-hydrogen) atoms. The van der Waals surface area contributed by atoms with Crippen molar-refractivity contribution in [3.8, 4) is 11.5 Å². The van der Waals surface area contributed by atoms with Crippen molar-refractivity contribution < 1.29 is 43.7 Å². The average Bonchev–Trinajstić information content (AvgIpc) is 3.19. The van der Waals surface area contributed by atoms with Crippen LogP contribution >= 0.6 is 0 Å². The maximum Gasteiger partial charge on any atom is 0.335 e. The van der Waals surface area contributed by atoms with Crippen molar-refractivity contribution in [2.24, 2.45) is 16.0 Å². The van der Waals surface area contributed by atoms with Gasteiger partial charge in [0.25, 0.3) is 17.7 Å². The lowest BCUT2D eigenvalue weighted by Crippen LogP contribution is -2.46. The molecule has 0 aliphatic heterocycles. The third kappa shape index (κ3) is 11.1. The second kappa shape index (κ2) is 18.4. The van der Waals surface area contributed by atoms with Gasteiger partial charge in [-0.25, -0.2) is 4.79 Å². The Balaban J connectivity index is 1.22. The van der Waals surface area contributed by atoms with E-state index in [4.69, 9.17) is 15.6 Å². The number of hydrogen-bond acceptors (Lipinski definition) is 10. The quantitative estimate of drug-likeness (QED) is 0.0580. The van der Waals surface area contributed by atoms with Gasteiger partial charge in [-0.3, -0.25) is 24.0 Å². The third-order valence-electron chi connectivity index (χ3n) is 7.98. The highest BCUT2D eigenvalue weighted by molar-refractivity contribution is 6.10. The molecule has 5 rings (SSSR count). The molecule has 16 heteroatoms. The number of nitrogens with one attached hydrogen (secondary N) is 4. The number of nitrogens with two attached hydrogens (primary N) is 1. The minimum Gasteiger partial charge on any atom is -0.504 e. The van der Waals surface area contributed by atoms with Gasteiger partial charge in [0.15, 0.2) is 11.5 Å². The first-order valence-electron chi connectivity index (χ1n) is 17.3. The summed E-state index contributed by atoms with van der Waals surface area (Å²) in [6, 6.07) is 27.7. The number of carboxylic acid groups (broad SMARTS) is 1. The molecule has 0 fully saturated rings. The summed E-state index contributed by atoms with van der Waals surface area (Å²) >= 11 is 0. The van der Waals surface area contributed by atoms with Crippen LogP contribution < -0.4 is 31.7 Å². The van der Waals surface area contributed by atoms with Crippen LogP contribution in [0.3, 0.4) is 0 Å². The number of carbonyl (C=O) groups is 6. The maximum absolute atomic E-state index is 13.3. The predicted molar refractivity (Wildman–Crippen MR) is 210 cm³/mol. The third-order valence-corrected chi connectivity index (χ3v) is 7.98. The van der Waals surface area contributed by atoms with Gasteiger partial charge in [0.05, 0.1) is 40.7 Å². The topological polar surface area (TPSA) is 251 Å². The molecule has 5 aromatic rings. The van der Waals surface area contributed by atoms with Gasteiger partial charge in [0, 0.05) is 22.5 Å². The van der Waals surface area contributed by atoms with Gasteiger partial charge in [-0.1, -0.05) is 18.2 Å². The summed E-state index contributed by atoms with van der Waals surface area (Å²) in [6.45, 7) is 3.38. The molecule has 5 aromatic carbocycles. The molecule has 0 saturated heterocycles. The fourth-order valence-corrected chi connectivity index (χ4v) is 5.17. The first kappa shape index (κ1) is 40.3. The molecule has 1 atom stereocenters. The second-order valence-corrected chi connectivity index (χ2v) is 12.6. The van der Waals surface area contributed by atoms with E-state index in [-0.39, 0.29) is 45.1 Å². The zero-order valence-corrected chi connectivity index (χ0v) is 30.6. The largest absolute Gasteiger partial charge is 0.504 e. The highest BCUT2D eigenvalue weighted by Crippen LogP contribution is 2.39. The number of aromatic carboxylic acids is 1. The van der Waals surface area contributed by atoms with Gasteiger partial charge in [-0.2, -0.15) is 10.2 Å². The van der Waals surface area contributed by atoms with E-state index in [1.165, 1.54) is 72.8 Å². The lowest BCUT2D eigenvalue weighted by Gasteiger charge is -2.19. The Morgan fingerprint density at radius 2 is 1.19 bits per heavy atom. The summed E-state index contributed by atoms with van der Waals surface area (Å²) in [5, 5.41) is 38.8. The Kier molecular flexibility index (Phi) is 13.0. The van der Waals surface area contributed by atoms with E-state index in [0.717, 1.165) is 0 Å².